The first-order chi connectivity index (χ1) is 6.31. The Balaban J connectivity index is 2.72. The Kier molecular flexibility index (Phi) is 2.15. The number of hydrogen-bond donors (Lipinski definition) is 1. The molecule has 2 heteroatoms. The molecule has 0 bridgehead atoms. The van der Waals surface area contributed by atoms with Gasteiger partial charge in [-0.1, -0.05) is 12.1 Å². The molecule has 0 atom stereocenters. The summed E-state index contributed by atoms with van der Waals surface area (Å²) in [6.45, 7) is 0. The van der Waals surface area contributed by atoms with Gasteiger partial charge in [0, 0.05) is 4.90 Å². The first kappa shape index (κ1) is 8.45. The number of benzene rings is 2. The van der Waals surface area contributed by atoms with Crippen LogP contribution in [0, 0.1) is 0 Å². The maximum atomic E-state index is 5.14. The topological polar surface area (TPSA) is 9.23 Å². The lowest BCUT2D eigenvalue weighted by Gasteiger charge is -2.03. The zero-order valence-electron chi connectivity index (χ0n) is 7.32. The normalized spacial score (nSPS) is 10.3. The standard InChI is InChI=1S/C11H10OS/c1-12-9-5-6-10-8(7-9)3-2-4-11(10)13/h2-7,13H,1H3. The second-order valence-corrected chi connectivity index (χ2v) is 3.35. The molecule has 2 aromatic rings. The summed E-state index contributed by atoms with van der Waals surface area (Å²) >= 11 is 4.37. The van der Waals surface area contributed by atoms with Gasteiger partial charge in [-0.05, 0) is 35.0 Å². The Morgan fingerprint density at radius 3 is 2.77 bits per heavy atom. The fraction of sp³-hybridized carbons (Fsp3) is 0.0909. The molecule has 0 aliphatic heterocycles. The van der Waals surface area contributed by atoms with Crippen LogP contribution in [0.5, 0.6) is 5.75 Å². The van der Waals surface area contributed by atoms with Gasteiger partial charge in [-0.15, -0.1) is 12.6 Å². The predicted octanol–water partition coefficient (Wildman–Crippen LogP) is 3.14. The van der Waals surface area contributed by atoms with Crippen LogP contribution < -0.4 is 4.74 Å². The van der Waals surface area contributed by atoms with Gasteiger partial charge in [-0.25, -0.2) is 0 Å². The van der Waals surface area contributed by atoms with Crippen molar-refractivity contribution in [2.75, 3.05) is 7.11 Å². The molecule has 2 rings (SSSR count). The molecule has 1 nitrogen and oxygen atoms in total. The number of ether oxygens (including phenoxy) is 1. The Hall–Kier alpha value is -1.15. The van der Waals surface area contributed by atoms with E-state index in [1.54, 1.807) is 7.11 Å². The molecule has 0 amide bonds. The van der Waals surface area contributed by atoms with Crippen LogP contribution in [0.25, 0.3) is 10.8 Å². The van der Waals surface area contributed by atoms with Gasteiger partial charge >= 0.3 is 0 Å². The van der Waals surface area contributed by atoms with Gasteiger partial charge in [-0.3, -0.25) is 0 Å². The van der Waals surface area contributed by atoms with Crippen molar-refractivity contribution in [2.45, 2.75) is 4.90 Å². The molecule has 0 aliphatic rings. The van der Waals surface area contributed by atoms with E-state index < -0.39 is 0 Å². The molecular weight excluding hydrogens is 180 g/mol. The molecule has 2 aromatic carbocycles. The minimum absolute atomic E-state index is 0.881. The summed E-state index contributed by atoms with van der Waals surface area (Å²) in [7, 11) is 1.67. The highest BCUT2D eigenvalue weighted by atomic mass is 32.1. The smallest absolute Gasteiger partial charge is 0.119 e. The fourth-order valence-corrected chi connectivity index (χ4v) is 1.66. The Bertz CT molecular complexity index is 437. The number of fused-ring (bicyclic) bond motifs is 1. The van der Waals surface area contributed by atoms with Crippen molar-refractivity contribution in [3.05, 3.63) is 36.4 Å². The summed E-state index contributed by atoms with van der Waals surface area (Å²) in [6.07, 6.45) is 0. The van der Waals surface area contributed by atoms with Crippen LogP contribution in [0.3, 0.4) is 0 Å². The average molecular weight is 190 g/mol. The lowest BCUT2D eigenvalue weighted by molar-refractivity contribution is 0.415. The van der Waals surface area contributed by atoms with Gasteiger partial charge in [0.25, 0.3) is 0 Å². The fourth-order valence-electron chi connectivity index (χ4n) is 1.37. The molecule has 0 spiro atoms. The first-order valence-electron chi connectivity index (χ1n) is 4.07. The van der Waals surface area contributed by atoms with Crippen LogP contribution in [0.15, 0.2) is 41.3 Å². The zero-order chi connectivity index (χ0) is 9.26. The van der Waals surface area contributed by atoms with E-state index in [1.807, 2.05) is 30.3 Å². The van der Waals surface area contributed by atoms with E-state index in [0.717, 1.165) is 21.4 Å². The van der Waals surface area contributed by atoms with Gasteiger partial charge in [0.2, 0.25) is 0 Å². The monoisotopic (exact) mass is 190 g/mol. The average Bonchev–Trinajstić information content (AvgIpc) is 2.18. The molecule has 0 heterocycles. The molecule has 0 saturated carbocycles. The highest BCUT2D eigenvalue weighted by Crippen LogP contribution is 2.25. The van der Waals surface area contributed by atoms with Gasteiger partial charge in [0.15, 0.2) is 0 Å². The van der Waals surface area contributed by atoms with E-state index in [1.165, 1.54) is 0 Å². The van der Waals surface area contributed by atoms with Crippen molar-refractivity contribution < 1.29 is 4.74 Å². The van der Waals surface area contributed by atoms with Crippen LogP contribution in [0.2, 0.25) is 0 Å². The summed E-state index contributed by atoms with van der Waals surface area (Å²) < 4.78 is 5.14. The van der Waals surface area contributed by atoms with Crippen molar-refractivity contribution in [1.29, 1.82) is 0 Å². The van der Waals surface area contributed by atoms with E-state index in [4.69, 9.17) is 4.74 Å². The molecule has 0 N–H and O–H groups in total. The Morgan fingerprint density at radius 2 is 2.00 bits per heavy atom. The van der Waals surface area contributed by atoms with Crippen LogP contribution in [0.4, 0.5) is 0 Å². The van der Waals surface area contributed by atoms with E-state index in [0.29, 0.717) is 0 Å². The first-order valence-corrected chi connectivity index (χ1v) is 4.52. The van der Waals surface area contributed by atoms with Crippen LogP contribution in [-0.2, 0) is 0 Å². The SMILES string of the molecule is COc1ccc2c(S)cccc2c1. The molecule has 0 unspecified atom stereocenters. The maximum Gasteiger partial charge on any atom is 0.119 e. The zero-order valence-corrected chi connectivity index (χ0v) is 8.21. The van der Waals surface area contributed by atoms with Gasteiger partial charge in [0.1, 0.15) is 5.75 Å². The highest BCUT2D eigenvalue weighted by molar-refractivity contribution is 7.80. The summed E-state index contributed by atoms with van der Waals surface area (Å²) in [5, 5.41) is 2.32. The van der Waals surface area contributed by atoms with Crippen LogP contribution in [-0.4, -0.2) is 7.11 Å². The molecule has 66 valence electrons. The van der Waals surface area contributed by atoms with E-state index >= 15 is 0 Å². The van der Waals surface area contributed by atoms with Gasteiger partial charge in [0.05, 0.1) is 7.11 Å². The number of hydrogen-bond acceptors (Lipinski definition) is 2. The molecule has 0 fully saturated rings. The minimum Gasteiger partial charge on any atom is -0.497 e. The molecule has 0 saturated heterocycles. The summed E-state index contributed by atoms with van der Waals surface area (Å²) in [5.74, 6) is 0.881. The molecule has 0 aliphatic carbocycles. The van der Waals surface area contributed by atoms with Crippen molar-refractivity contribution in [3.8, 4) is 5.75 Å². The van der Waals surface area contributed by atoms with Crippen molar-refractivity contribution in [2.24, 2.45) is 0 Å². The number of thiol groups is 1. The van der Waals surface area contributed by atoms with E-state index in [9.17, 15) is 0 Å². The third kappa shape index (κ3) is 1.49. The summed E-state index contributed by atoms with van der Waals surface area (Å²) in [4.78, 5) is 1.00. The number of rotatable bonds is 1. The predicted molar refractivity (Wildman–Crippen MR) is 57.8 cm³/mol. The Labute approximate surface area is 82.7 Å². The minimum atomic E-state index is 0.881. The summed E-state index contributed by atoms with van der Waals surface area (Å²) in [5.41, 5.74) is 0. The van der Waals surface area contributed by atoms with Crippen LogP contribution in [0.1, 0.15) is 0 Å². The largest absolute Gasteiger partial charge is 0.497 e. The van der Waals surface area contributed by atoms with Gasteiger partial charge < -0.3 is 4.74 Å². The lowest BCUT2D eigenvalue weighted by Crippen LogP contribution is -1.82. The van der Waals surface area contributed by atoms with Crippen LogP contribution >= 0.6 is 12.6 Å². The third-order valence-electron chi connectivity index (χ3n) is 2.06. The molecular formula is C11H10OS. The second kappa shape index (κ2) is 3.30. The Morgan fingerprint density at radius 1 is 1.15 bits per heavy atom. The van der Waals surface area contributed by atoms with Crippen molar-refractivity contribution in [3.63, 3.8) is 0 Å². The third-order valence-corrected chi connectivity index (χ3v) is 2.45. The van der Waals surface area contributed by atoms with E-state index in [-0.39, 0.29) is 0 Å². The van der Waals surface area contributed by atoms with Gasteiger partial charge in [-0.2, -0.15) is 0 Å². The molecule has 0 aromatic heterocycles. The molecule has 13 heavy (non-hydrogen) atoms. The number of methoxy groups -OCH3 is 1. The maximum absolute atomic E-state index is 5.14. The second-order valence-electron chi connectivity index (χ2n) is 2.86. The van der Waals surface area contributed by atoms with Crippen molar-refractivity contribution in [1.82, 2.24) is 0 Å². The van der Waals surface area contributed by atoms with E-state index in [2.05, 4.69) is 18.7 Å². The quantitative estimate of drug-likeness (QED) is 0.680. The van der Waals surface area contributed by atoms with Crippen molar-refractivity contribution >= 4 is 23.4 Å². The highest BCUT2D eigenvalue weighted by Gasteiger charge is 1.98. The molecule has 0 radical (unpaired) electrons. The lowest BCUT2D eigenvalue weighted by atomic mass is 10.1. The summed E-state index contributed by atoms with van der Waals surface area (Å²) in [6, 6.07) is 12.0.